The van der Waals surface area contributed by atoms with Crippen molar-refractivity contribution in [2.75, 3.05) is 26.4 Å². The van der Waals surface area contributed by atoms with E-state index in [9.17, 15) is 9.59 Å². The Hall–Kier alpha value is -1.98. The molecule has 1 aromatic rings. The molecule has 0 aliphatic heterocycles. The minimum atomic E-state index is -0.197. The van der Waals surface area contributed by atoms with Gasteiger partial charge in [0.1, 0.15) is 5.69 Å². The fourth-order valence-electron chi connectivity index (χ4n) is 1.75. The molecular weight excluding hydrogens is 244 g/mol. The zero-order valence-corrected chi connectivity index (χ0v) is 11.8. The minimum Gasteiger partial charge on any atom is -0.397 e. The number of aryl methyl sites for hydroxylation is 1. The second-order valence-corrected chi connectivity index (χ2v) is 4.65. The predicted octanol–water partition coefficient (Wildman–Crippen LogP) is 0.688. The number of rotatable bonds is 6. The summed E-state index contributed by atoms with van der Waals surface area (Å²) in [4.78, 5) is 24.9. The van der Waals surface area contributed by atoms with Gasteiger partial charge in [-0.1, -0.05) is 6.92 Å². The number of carbonyl (C=O) groups excluding carboxylic acids is 2. The van der Waals surface area contributed by atoms with Crippen LogP contribution in [-0.4, -0.2) is 41.9 Å². The van der Waals surface area contributed by atoms with Gasteiger partial charge in [0.2, 0.25) is 5.91 Å². The van der Waals surface area contributed by atoms with Crippen molar-refractivity contribution in [2.24, 2.45) is 0 Å². The summed E-state index contributed by atoms with van der Waals surface area (Å²) in [5, 5.41) is 2.73. The largest absolute Gasteiger partial charge is 0.397 e. The highest BCUT2D eigenvalue weighted by Gasteiger charge is 2.12. The summed E-state index contributed by atoms with van der Waals surface area (Å²) in [6.07, 6.45) is 2.97. The first kappa shape index (κ1) is 15.1. The van der Waals surface area contributed by atoms with E-state index in [-0.39, 0.29) is 11.8 Å². The Morgan fingerprint density at radius 3 is 2.68 bits per heavy atom. The van der Waals surface area contributed by atoms with Gasteiger partial charge in [-0.25, -0.2) is 0 Å². The molecule has 1 heterocycles. The molecule has 6 nitrogen and oxygen atoms in total. The molecule has 0 unspecified atom stereocenters. The van der Waals surface area contributed by atoms with Gasteiger partial charge in [-0.15, -0.1) is 0 Å². The number of carbonyl (C=O) groups is 2. The van der Waals surface area contributed by atoms with E-state index < -0.39 is 0 Å². The Morgan fingerprint density at radius 2 is 2.11 bits per heavy atom. The molecule has 0 aliphatic carbocycles. The van der Waals surface area contributed by atoms with Gasteiger partial charge in [0, 0.05) is 39.8 Å². The molecule has 0 fully saturated rings. The van der Waals surface area contributed by atoms with E-state index in [1.54, 1.807) is 26.4 Å². The van der Waals surface area contributed by atoms with E-state index in [1.165, 1.54) is 4.90 Å². The van der Waals surface area contributed by atoms with Crippen LogP contribution in [0.2, 0.25) is 0 Å². The van der Waals surface area contributed by atoms with Gasteiger partial charge in [0.05, 0.1) is 5.69 Å². The van der Waals surface area contributed by atoms with Gasteiger partial charge in [0.25, 0.3) is 5.91 Å². The summed E-state index contributed by atoms with van der Waals surface area (Å²) in [5.74, 6) is -0.208. The summed E-state index contributed by atoms with van der Waals surface area (Å²) in [7, 11) is 3.38. The van der Waals surface area contributed by atoms with E-state index in [0.29, 0.717) is 24.3 Å². The smallest absolute Gasteiger partial charge is 0.267 e. The van der Waals surface area contributed by atoms with Crippen LogP contribution in [-0.2, 0) is 11.3 Å². The number of nitrogen functional groups attached to an aromatic ring is 1. The number of anilines is 1. The van der Waals surface area contributed by atoms with Gasteiger partial charge in [-0.2, -0.15) is 0 Å². The maximum absolute atomic E-state index is 12.0. The third kappa shape index (κ3) is 4.31. The van der Waals surface area contributed by atoms with E-state index in [1.807, 2.05) is 11.5 Å². The van der Waals surface area contributed by atoms with Crippen molar-refractivity contribution < 1.29 is 9.59 Å². The lowest BCUT2D eigenvalue weighted by atomic mass is 10.3. The average molecular weight is 266 g/mol. The summed E-state index contributed by atoms with van der Waals surface area (Å²) in [5.41, 5.74) is 6.81. The lowest BCUT2D eigenvalue weighted by Crippen LogP contribution is -2.31. The summed E-state index contributed by atoms with van der Waals surface area (Å²) in [6, 6.07) is 1.65. The minimum absolute atomic E-state index is 0.0104. The van der Waals surface area contributed by atoms with Crippen LogP contribution in [0, 0.1) is 0 Å². The highest BCUT2D eigenvalue weighted by Crippen LogP contribution is 2.11. The third-order valence-electron chi connectivity index (χ3n) is 2.74. The number of nitrogens with one attached hydrogen (secondary N) is 1. The Bertz CT molecular complexity index is 451. The molecule has 0 spiro atoms. The first-order chi connectivity index (χ1) is 8.95. The highest BCUT2D eigenvalue weighted by atomic mass is 16.2. The van der Waals surface area contributed by atoms with Crippen LogP contribution in [0.15, 0.2) is 12.3 Å². The fourth-order valence-corrected chi connectivity index (χ4v) is 1.75. The van der Waals surface area contributed by atoms with Crippen LogP contribution in [0.1, 0.15) is 30.3 Å². The molecular formula is C13H22N4O2. The van der Waals surface area contributed by atoms with Crippen molar-refractivity contribution in [3.8, 4) is 0 Å². The quantitative estimate of drug-likeness (QED) is 0.795. The van der Waals surface area contributed by atoms with Crippen LogP contribution in [0.5, 0.6) is 0 Å². The van der Waals surface area contributed by atoms with Gasteiger partial charge in [-0.3, -0.25) is 9.59 Å². The molecule has 0 aliphatic rings. The van der Waals surface area contributed by atoms with Crippen molar-refractivity contribution in [2.45, 2.75) is 26.3 Å². The normalized spacial score (nSPS) is 10.3. The Kier molecular flexibility index (Phi) is 5.41. The molecule has 2 amide bonds. The highest BCUT2D eigenvalue weighted by molar-refractivity contribution is 5.94. The first-order valence-corrected chi connectivity index (χ1v) is 6.39. The summed E-state index contributed by atoms with van der Waals surface area (Å²) < 4.78 is 1.83. The van der Waals surface area contributed by atoms with Gasteiger partial charge < -0.3 is 20.5 Å². The zero-order valence-electron chi connectivity index (χ0n) is 11.8. The topological polar surface area (TPSA) is 80.4 Å². The van der Waals surface area contributed by atoms with Gasteiger partial charge >= 0.3 is 0 Å². The van der Waals surface area contributed by atoms with Gasteiger partial charge in [-0.05, 0) is 12.5 Å². The van der Waals surface area contributed by atoms with Crippen molar-refractivity contribution in [1.29, 1.82) is 0 Å². The van der Waals surface area contributed by atoms with Crippen molar-refractivity contribution in [3.05, 3.63) is 18.0 Å². The molecule has 0 saturated heterocycles. The van der Waals surface area contributed by atoms with E-state index in [4.69, 9.17) is 5.73 Å². The molecule has 6 heteroatoms. The second-order valence-electron chi connectivity index (χ2n) is 4.65. The lowest BCUT2D eigenvalue weighted by molar-refractivity contribution is -0.128. The summed E-state index contributed by atoms with van der Waals surface area (Å²) >= 11 is 0. The van der Waals surface area contributed by atoms with Crippen LogP contribution in [0.3, 0.4) is 0 Å². The molecule has 0 bridgehead atoms. The van der Waals surface area contributed by atoms with Crippen molar-refractivity contribution >= 4 is 17.5 Å². The van der Waals surface area contributed by atoms with Crippen molar-refractivity contribution in [1.82, 2.24) is 14.8 Å². The Morgan fingerprint density at radius 1 is 1.42 bits per heavy atom. The standard InChI is InChI=1S/C13H22N4O2/c1-4-7-17-9-10(14)8-11(17)13(19)15-6-5-12(18)16(2)3/h8-9H,4-7,14H2,1-3H3,(H,15,19). The number of aromatic nitrogens is 1. The lowest BCUT2D eigenvalue weighted by Gasteiger charge is -2.11. The van der Waals surface area contributed by atoms with Crippen LogP contribution >= 0.6 is 0 Å². The zero-order chi connectivity index (χ0) is 14.4. The molecule has 106 valence electrons. The summed E-state index contributed by atoms with van der Waals surface area (Å²) in [6.45, 7) is 3.11. The predicted molar refractivity (Wildman–Crippen MR) is 74.8 cm³/mol. The van der Waals surface area contributed by atoms with E-state index in [2.05, 4.69) is 5.32 Å². The Balaban J connectivity index is 2.56. The van der Waals surface area contributed by atoms with E-state index in [0.717, 1.165) is 13.0 Å². The third-order valence-corrected chi connectivity index (χ3v) is 2.74. The Labute approximate surface area is 113 Å². The average Bonchev–Trinajstić information content (AvgIpc) is 2.70. The molecule has 0 saturated carbocycles. The SMILES string of the molecule is CCCn1cc(N)cc1C(=O)NCCC(=O)N(C)C. The first-order valence-electron chi connectivity index (χ1n) is 6.39. The number of nitrogens with two attached hydrogens (primary N) is 1. The number of hydrogen-bond acceptors (Lipinski definition) is 3. The van der Waals surface area contributed by atoms with Gasteiger partial charge in [0.15, 0.2) is 0 Å². The monoisotopic (exact) mass is 266 g/mol. The number of hydrogen-bond donors (Lipinski definition) is 2. The molecule has 1 aromatic heterocycles. The van der Waals surface area contributed by atoms with Crippen molar-refractivity contribution in [3.63, 3.8) is 0 Å². The molecule has 1 rings (SSSR count). The maximum Gasteiger partial charge on any atom is 0.267 e. The van der Waals surface area contributed by atoms with Crippen LogP contribution < -0.4 is 11.1 Å². The number of nitrogens with zero attached hydrogens (tertiary/aromatic N) is 2. The molecule has 0 radical (unpaired) electrons. The maximum atomic E-state index is 12.0. The fraction of sp³-hybridized carbons (Fsp3) is 0.538. The molecule has 3 N–H and O–H groups in total. The van der Waals surface area contributed by atoms with E-state index >= 15 is 0 Å². The second kappa shape index (κ2) is 6.82. The molecule has 0 atom stereocenters. The van der Waals surface area contributed by atoms with Crippen LogP contribution in [0.25, 0.3) is 0 Å². The number of amides is 2. The molecule has 0 aromatic carbocycles. The van der Waals surface area contributed by atoms with Crippen LogP contribution in [0.4, 0.5) is 5.69 Å². The molecule has 19 heavy (non-hydrogen) atoms.